The topological polar surface area (TPSA) is 35.0 Å². The van der Waals surface area contributed by atoms with E-state index in [1.54, 1.807) is 12.4 Å². The molecule has 0 saturated heterocycles. The van der Waals surface area contributed by atoms with Gasteiger partial charge in [-0.1, -0.05) is 12.1 Å². The predicted molar refractivity (Wildman–Crippen MR) is 74.2 cm³/mol. The van der Waals surface area contributed by atoms with Crippen LogP contribution in [0.4, 0.5) is 0 Å². The van der Waals surface area contributed by atoms with E-state index in [1.807, 2.05) is 12.1 Å². The lowest BCUT2D eigenvalue weighted by Crippen LogP contribution is -1.92. The molecule has 4 rings (SSSR count). The molecule has 3 aromatic rings. The molecule has 0 N–H and O–H groups in total. The van der Waals surface area contributed by atoms with Gasteiger partial charge >= 0.3 is 0 Å². The minimum Gasteiger partial charge on any atom is -0.492 e. The zero-order valence-electron chi connectivity index (χ0n) is 10.3. The Balaban J connectivity index is 2.04. The average Bonchev–Trinajstić information content (AvgIpc) is 2.95. The van der Waals surface area contributed by atoms with Gasteiger partial charge in [-0.25, -0.2) is 0 Å². The highest BCUT2D eigenvalue weighted by atomic mass is 16.5. The van der Waals surface area contributed by atoms with Crippen molar-refractivity contribution in [1.82, 2.24) is 9.97 Å². The van der Waals surface area contributed by atoms with Crippen molar-refractivity contribution < 1.29 is 4.74 Å². The van der Waals surface area contributed by atoms with E-state index in [2.05, 4.69) is 34.2 Å². The Labute approximate surface area is 110 Å². The van der Waals surface area contributed by atoms with E-state index < -0.39 is 0 Å². The molecule has 3 nitrogen and oxygen atoms in total. The summed E-state index contributed by atoms with van der Waals surface area (Å²) in [5, 5.41) is 1.06. The van der Waals surface area contributed by atoms with Gasteiger partial charge in [0.25, 0.3) is 0 Å². The third-order valence-electron chi connectivity index (χ3n) is 3.50. The van der Waals surface area contributed by atoms with Gasteiger partial charge in [0.2, 0.25) is 0 Å². The molecule has 1 aliphatic heterocycles. The van der Waals surface area contributed by atoms with Crippen molar-refractivity contribution in [3.05, 3.63) is 54.4 Å². The standard InChI is InChI=1S/C16H12N2O/c1-3-11-7-10-19-16(11)13(4-1)15-12-5-2-8-17-14(12)6-9-18-15/h1-6,8-9H,7,10H2. The second-order valence-electron chi connectivity index (χ2n) is 4.62. The number of hydrogen-bond acceptors (Lipinski definition) is 3. The fourth-order valence-electron chi connectivity index (χ4n) is 2.62. The highest BCUT2D eigenvalue weighted by molar-refractivity contribution is 5.93. The first kappa shape index (κ1) is 10.5. The van der Waals surface area contributed by atoms with Gasteiger partial charge in [0.1, 0.15) is 5.75 Å². The van der Waals surface area contributed by atoms with Crippen LogP contribution in [0.25, 0.3) is 22.2 Å². The lowest BCUT2D eigenvalue weighted by atomic mass is 10.0. The number of nitrogens with zero attached hydrogens (tertiary/aromatic N) is 2. The van der Waals surface area contributed by atoms with Crippen molar-refractivity contribution in [2.45, 2.75) is 6.42 Å². The third kappa shape index (κ3) is 1.58. The van der Waals surface area contributed by atoms with E-state index in [-0.39, 0.29) is 0 Å². The smallest absolute Gasteiger partial charge is 0.132 e. The van der Waals surface area contributed by atoms with Crippen LogP contribution in [0, 0.1) is 0 Å². The van der Waals surface area contributed by atoms with Gasteiger partial charge in [0.15, 0.2) is 0 Å². The number of fused-ring (bicyclic) bond motifs is 2. The third-order valence-corrected chi connectivity index (χ3v) is 3.50. The van der Waals surface area contributed by atoms with E-state index >= 15 is 0 Å². The molecule has 0 unspecified atom stereocenters. The molecule has 0 radical (unpaired) electrons. The van der Waals surface area contributed by atoms with E-state index in [1.165, 1.54) is 5.56 Å². The van der Waals surface area contributed by atoms with E-state index in [0.717, 1.165) is 40.9 Å². The lowest BCUT2D eigenvalue weighted by molar-refractivity contribution is 0.358. The number of aromatic nitrogens is 2. The van der Waals surface area contributed by atoms with Crippen molar-refractivity contribution in [3.8, 4) is 17.0 Å². The quantitative estimate of drug-likeness (QED) is 0.663. The molecule has 0 fully saturated rings. The second kappa shape index (κ2) is 4.05. The summed E-state index contributed by atoms with van der Waals surface area (Å²) in [6.07, 6.45) is 4.59. The summed E-state index contributed by atoms with van der Waals surface area (Å²) >= 11 is 0. The molecular formula is C16H12N2O. The number of benzene rings is 1. The summed E-state index contributed by atoms with van der Waals surface area (Å²) in [5.74, 6) is 0.978. The van der Waals surface area contributed by atoms with E-state index in [9.17, 15) is 0 Å². The highest BCUT2D eigenvalue weighted by Gasteiger charge is 2.18. The van der Waals surface area contributed by atoms with Crippen LogP contribution in [-0.2, 0) is 6.42 Å². The fourth-order valence-corrected chi connectivity index (χ4v) is 2.62. The molecule has 19 heavy (non-hydrogen) atoms. The van der Waals surface area contributed by atoms with Crippen LogP contribution < -0.4 is 4.74 Å². The van der Waals surface area contributed by atoms with Crippen LogP contribution in [0.15, 0.2) is 48.8 Å². The first-order chi connectivity index (χ1) is 9.43. The van der Waals surface area contributed by atoms with Crippen LogP contribution in [0.1, 0.15) is 5.56 Å². The van der Waals surface area contributed by atoms with E-state index in [4.69, 9.17) is 4.74 Å². The summed E-state index contributed by atoms with van der Waals surface area (Å²) in [7, 11) is 0. The van der Waals surface area contributed by atoms with Gasteiger partial charge < -0.3 is 4.74 Å². The van der Waals surface area contributed by atoms with Crippen LogP contribution in [-0.4, -0.2) is 16.6 Å². The Kier molecular flexibility index (Phi) is 2.24. The first-order valence-corrected chi connectivity index (χ1v) is 6.38. The Morgan fingerprint density at radius 3 is 2.95 bits per heavy atom. The Morgan fingerprint density at radius 1 is 0.947 bits per heavy atom. The predicted octanol–water partition coefficient (Wildman–Crippen LogP) is 3.23. The number of pyridine rings is 2. The zero-order valence-corrected chi connectivity index (χ0v) is 10.3. The number of para-hydroxylation sites is 1. The lowest BCUT2D eigenvalue weighted by Gasteiger charge is -2.09. The molecule has 2 aromatic heterocycles. The van der Waals surface area contributed by atoms with Crippen molar-refractivity contribution in [3.63, 3.8) is 0 Å². The second-order valence-corrected chi connectivity index (χ2v) is 4.62. The van der Waals surface area contributed by atoms with Crippen LogP contribution >= 0.6 is 0 Å². The summed E-state index contributed by atoms with van der Waals surface area (Å²) < 4.78 is 5.77. The van der Waals surface area contributed by atoms with Gasteiger partial charge in [-0.3, -0.25) is 9.97 Å². The van der Waals surface area contributed by atoms with Crippen molar-refractivity contribution in [1.29, 1.82) is 0 Å². The molecule has 0 bridgehead atoms. The Morgan fingerprint density at radius 2 is 1.95 bits per heavy atom. The fraction of sp³-hybridized carbons (Fsp3) is 0.125. The summed E-state index contributed by atoms with van der Waals surface area (Å²) in [6.45, 7) is 0.759. The average molecular weight is 248 g/mol. The van der Waals surface area contributed by atoms with Crippen molar-refractivity contribution in [2.24, 2.45) is 0 Å². The molecule has 3 heterocycles. The summed E-state index contributed by atoms with van der Waals surface area (Å²) in [4.78, 5) is 8.91. The number of ether oxygens (including phenoxy) is 1. The maximum Gasteiger partial charge on any atom is 0.132 e. The van der Waals surface area contributed by atoms with Gasteiger partial charge in [-0.05, 0) is 29.8 Å². The summed E-state index contributed by atoms with van der Waals surface area (Å²) in [5.41, 5.74) is 4.24. The molecule has 0 atom stereocenters. The maximum absolute atomic E-state index is 5.77. The maximum atomic E-state index is 5.77. The van der Waals surface area contributed by atoms with Crippen LogP contribution in [0.3, 0.4) is 0 Å². The molecule has 1 aromatic carbocycles. The monoisotopic (exact) mass is 248 g/mol. The Bertz CT molecular complexity index is 762. The minimum absolute atomic E-state index is 0.759. The molecule has 92 valence electrons. The van der Waals surface area contributed by atoms with Gasteiger partial charge in [0, 0.05) is 29.8 Å². The molecule has 0 amide bonds. The molecule has 1 aliphatic rings. The Hall–Kier alpha value is -2.42. The zero-order chi connectivity index (χ0) is 12.7. The normalized spacial score (nSPS) is 13.3. The molecule has 0 aliphatic carbocycles. The highest BCUT2D eigenvalue weighted by Crippen LogP contribution is 2.38. The van der Waals surface area contributed by atoms with Crippen LogP contribution in [0.2, 0.25) is 0 Å². The summed E-state index contributed by atoms with van der Waals surface area (Å²) in [6, 6.07) is 12.2. The molecule has 3 heteroatoms. The first-order valence-electron chi connectivity index (χ1n) is 6.38. The molecule has 0 saturated carbocycles. The largest absolute Gasteiger partial charge is 0.492 e. The van der Waals surface area contributed by atoms with Gasteiger partial charge in [0.05, 0.1) is 17.8 Å². The molecular weight excluding hydrogens is 236 g/mol. The minimum atomic E-state index is 0.759. The van der Waals surface area contributed by atoms with Gasteiger partial charge in [-0.2, -0.15) is 0 Å². The van der Waals surface area contributed by atoms with Gasteiger partial charge in [-0.15, -0.1) is 0 Å². The molecule has 0 spiro atoms. The van der Waals surface area contributed by atoms with Crippen molar-refractivity contribution in [2.75, 3.05) is 6.61 Å². The van der Waals surface area contributed by atoms with E-state index in [0.29, 0.717) is 0 Å². The number of rotatable bonds is 1. The SMILES string of the molecule is c1cc2c(c(-c3nccc4ncccc34)c1)OCC2. The van der Waals surface area contributed by atoms with Crippen molar-refractivity contribution >= 4 is 10.9 Å². The van der Waals surface area contributed by atoms with Crippen LogP contribution in [0.5, 0.6) is 5.75 Å². The number of hydrogen-bond donors (Lipinski definition) is 0.